The van der Waals surface area contributed by atoms with Crippen LogP contribution in [0.4, 0.5) is 0 Å². The number of hydrogen-bond donors (Lipinski definition) is 2. The molecule has 25 heavy (non-hydrogen) atoms. The van der Waals surface area contributed by atoms with Crippen molar-refractivity contribution < 1.29 is 9.53 Å². The minimum absolute atomic E-state index is 0.241. The van der Waals surface area contributed by atoms with E-state index in [9.17, 15) is 4.79 Å². The number of amides is 1. The normalized spacial score (nSPS) is 18.7. The number of nitrogens with zero attached hydrogens (tertiary/aromatic N) is 1. The fourth-order valence-corrected chi connectivity index (χ4v) is 4.25. The van der Waals surface area contributed by atoms with Crippen molar-refractivity contribution >= 4 is 17.2 Å². The Labute approximate surface area is 152 Å². The first-order chi connectivity index (χ1) is 12.1. The summed E-state index contributed by atoms with van der Waals surface area (Å²) in [5, 5.41) is 0. The summed E-state index contributed by atoms with van der Waals surface area (Å²) < 4.78 is 6.15. The zero-order valence-corrected chi connectivity index (χ0v) is 15.3. The largest absolute Gasteiger partial charge is 0.489 e. The molecule has 1 fully saturated rings. The number of likely N-dealkylation sites (N-methyl/N-ethyl adjacent to an activating group) is 1. The molecule has 1 unspecified atom stereocenters. The molecular weight excluding hydrogens is 334 g/mol. The summed E-state index contributed by atoms with van der Waals surface area (Å²) in [4.78, 5) is 15.7. The predicted molar refractivity (Wildman–Crippen MR) is 102 cm³/mol. The number of nitrogens with two attached hydrogens (primary N) is 2. The van der Waals surface area contributed by atoms with E-state index in [2.05, 4.69) is 11.9 Å². The highest BCUT2D eigenvalue weighted by molar-refractivity contribution is 7.15. The SMILES string of the molecule is CN1CCCCC(Oc2ccc(-c3cc(C(N)=O)c(CN)s3)cc2)C1. The molecule has 0 aliphatic carbocycles. The molecule has 0 radical (unpaired) electrons. The van der Waals surface area contributed by atoms with Gasteiger partial charge >= 0.3 is 0 Å². The fraction of sp³-hybridized carbons (Fsp3) is 0.421. The molecule has 0 saturated carbocycles. The third-order valence-corrected chi connectivity index (χ3v) is 5.74. The number of primary amides is 1. The van der Waals surface area contributed by atoms with Crippen molar-refractivity contribution in [1.82, 2.24) is 4.90 Å². The molecule has 1 saturated heterocycles. The molecule has 0 spiro atoms. The molecule has 1 atom stereocenters. The van der Waals surface area contributed by atoms with Gasteiger partial charge in [-0.1, -0.05) is 0 Å². The van der Waals surface area contributed by atoms with E-state index in [0.717, 1.165) is 40.6 Å². The van der Waals surface area contributed by atoms with Crippen molar-refractivity contribution in [3.63, 3.8) is 0 Å². The Kier molecular flexibility index (Phi) is 5.73. The van der Waals surface area contributed by atoms with E-state index in [0.29, 0.717) is 12.1 Å². The summed E-state index contributed by atoms with van der Waals surface area (Å²) in [6.07, 6.45) is 3.78. The van der Waals surface area contributed by atoms with Crippen LogP contribution < -0.4 is 16.2 Å². The molecule has 134 valence electrons. The standard InChI is InChI=1S/C19H25N3O2S/c1-22-9-3-2-4-15(12-22)24-14-7-5-13(6-8-14)17-10-16(19(21)23)18(11-20)25-17/h5-8,10,15H,2-4,9,11-12,20H2,1H3,(H2,21,23). The maximum atomic E-state index is 11.5. The van der Waals surface area contributed by atoms with Crippen LogP contribution in [0.5, 0.6) is 5.75 Å². The predicted octanol–water partition coefficient (Wildman–Crippen LogP) is 2.84. The first-order valence-corrected chi connectivity index (χ1v) is 9.46. The van der Waals surface area contributed by atoms with Crippen molar-refractivity contribution in [1.29, 1.82) is 0 Å². The highest BCUT2D eigenvalue weighted by atomic mass is 32.1. The number of hydrogen-bond acceptors (Lipinski definition) is 5. The van der Waals surface area contributed by atoms with Gasteiger partial charge in [0.25, 0.3) is 0 Å². The second-order valence-electron chi connectivity index (χ2n) is 6.54. The lowest BCUT2D eigenvalue weighted by molar-refractivity contribution is 0.1000. The molecule has 1 amide bonds. The molecule has 6 heteroatoms. The monoisotopic (exact) mass is 359 g/mol. The molecule has 1 aliphatic rings. The van der Waals surface area contributed by atoms with Gasteiger partial charge in [-0.05, 0) is 68.8 Å². The van der Waals surface area contributed by atoms with Crippen molar-refractivity contribution in [2.75, 3.05) is 20.1 Å². The van der Waals surface area contributed by atoms with Gasteiger partial charge in [-0.3, -0.25) is 4.79 Å². The summed E-state index contributed by atoms with van der Waals surface area (Å²) in [6, 6.07) is 9.85. The van der Waals surface area contributed by atoms with Crippen molar-refractivity contribution in [3.8, 4) is 16.2 Å². The Morgan fingerprint density at radius 1 is 1.32 bits per heavy atom. The molecule has 0 bridgehead atoms. The lowest BCUT2D eigenvalue weighted by atomic mass is 10.1. The maximum Gasteiger partial charge on any atom is 0.249 e. The first kappa shape index (κ1) is 17.9. The Morgan fingerprint density at radius 2 is 2.08 bits per heavy atom. The molecular formula is C19H25N3O2S. The highest BCUT2D eigenvalue weighted by Crippen LogP contribution is 2.32. The van der Waals surface area contributed by atoms with Crippen LogP contribution in [0.3, 0.4) is 0 Å². The Bertz CT molecular complexity index is 727. The van der Waals surface area contributed by atoms with Crippen molar-refractivity contribution in [3.05, 3.63) is 40.8 Å². The molecule has 1 aromatic carbocycles. The lowest BCUT2D eigenvalue weighted by Crippen LogP contribution is -2.31. The number of benzene rings is 1. The van der Waals surface area contributed by atoms with Gasteiger partial charge in [0, 0.05) is 22.8 Å². The number of rotatable bonds is 5. The summed E-state index contributed by atoms with van der Waals surface area (Å²) in [7, 11) is 2.15. The molecule has 1 aromatic heterocycles. The van der Waals surface area contributed by atoms with Gasteiger partial charge < -0.3 is 21.1 Å². The number of carbonyl (C=O) groups excluding carboxylic acids is 1. The smallest absolute Gasteiger partial charge is 0.249 e. The van der Waals surface area contributed by atoms with Crippen LogP contribution >= 0.6 is 11.3 Å². The lowest BCUT2D eigenvalue weighted by Gasteiger charge is -2.21. The quantitative estimate of drug-likeness (QED) is 0.860. The van der Waals surface area contributed by atoms with Gasteiger partial charge in [0.15, 0.2) is 0 Å². The van der Waals surface area contributed by atoms with E-state index in [4.69, 9.17) is 16.2 Å². The third kappa shape index (κ3) is 4.39. The zero-order chi connectivity index (χ0) is 17.8. The van der Waals surface area contributed by atoms with Gasteiger partial charge in [-0.25, -0.2) is 0 Å². The average Bonchev–Trinajstić information content (AvgIpc) is 2.93. The highest BCUT2D eigenvalue weighted by Gasteiger charge is 2.17. The van der Waals surface area contributed by atoms with Gasteiger partial charge in [0.2, 0.25) is 5.91 Å². The van der Waals surface area contributed by atoms with Crippen LogP contribution in [0.2, 0.25) is 0 Å². The number of likely N-dealkylation sites (tertiary alicyclic amines) is 1. The minimum Gasteiger partial charge on any atom is -0.489 e. The van der Waals surface area contributed by atoms with Crippen LogP contribution in [0.15, 0.2) is 30.3 Å². The van der Waals surface area contributed by atoms with E-state index in [1.165, 1.54) is 24.2 Å². The van der Waals surface area contributed by atoms with Crippen LogP contribution in [-0.4, -0.2) is 37.0 Å². The number of carbonyl (C=O) groups is 1. The number of ether oxygens (including phenoxy) is 1. The van der Waals surface area contributed by atoms with E-state index < -0.39 is 5.91 Å². The first-order valence-electron chi connectivity index (χ1n) is 8.65. The summed E-state index contributed by atoms with van der Waals surface area (Å²) in [5.41, 5.74) is 12.7. The van der Waals surface area contributed by atoms with E-state index in [1.807, 2.05) is 30.3 Å². The number of thiophene rings is 1. The molecule has 2 aromatic rings. The van der Waals surface area contributed by atoms with Crippen LogP contribution in [0.25, 0.3) is 10.4 Å². The van der Waals surface area contributed by atoms with Crippen LogP contribution in [0, 0.1) is 0 Å². The molecule has 5 nitrogen and oxygen atoms in total. The van der Waals surface area contributed by atoms with Gasteiger partial charge in [0.1, 0.15) is 11.9 Å². The summed E-state index contributed by atoms with van der Waals surface area (Å²) >= 11 is 1.51. The summed E-state index contributed by atoms with van der Waals surface area (Å²) in [6.45, 7) is 2.43. The van der Waals surface area contributed by atoms with Gasteiger partial charge in [0.05, 0.1) is 5.56 Å². The van der Waals surface area contributed by atoms with Crippen molar-refractivity contribution in [2.24, 2.45) is 11.5 Å². The fourth-order valence-electron chi connectivity index (χ4n) is 3.20. The molecule has 4 N–H and O–H groups in total. The van der Waals surface area contributed by atoms with Crippen molar-refractivity contribution in [2.45, 2.75) is 31.9 Å². The molecule has 1 aliphatic heterocycles. The molecule has 2 heterocycles. The molecule has 3 rings (SSSR count). The zero-order valence-electron chi connectivity index (χ0n) is 14.5. The third-order valence-electron chi connectivity index (χ3n) is 4.53. The topological polar surface area (TPSA) is 81.6 Å². The Balaban J connectivity index is 1.73. The minimum atomic E-state index is -0.430. The Hall–Kier alpha value is -1.89. The maximum absolute atomic E-state index is 11.5. The summed E-state index contributed by atoms with van der Waals surface area (Å²) in [5.74, 6) is 0.454. The van der Waals surface area contributed by atoms with E-state index in [-0.39, 0.29) is 6.10 Å². The Morgan fingerprint density at radius 3 is 2.72 bits per heavy atom. The van der Waals surface area contributed by atoms with Gasteiger partial charge in [-0.2, -0.15) is 0 Å². The van der Waals surface area contributed by atoms with Crippen LogP contribution in [-0.2, 0) is 6.54 Å². The average molecular weight is 359 g/mol. The second-order valence-corrected chi connectivity index (χ2v) is 7.67. The van der Waals surface area contributed by atoms with E-state index >= 15 is 0 Å². The van der Waals surface area contributed by atoms with E-state index in [1.54, 1.807) is 0 Å². The van der Waals surface area contributed by atoms with Gasteiger partial charge in [-0.15, -0.1) is 11.3 Å². The van der Waals surface area contributed by atoms with Crippen LogP contribution in [0.1, 0.15) is 34.5 Å². The second kappa shape index (κ2) is 7.99.